The summed E-state index contributed by atoms with van der Waals surface area (Å²) >= 11 is 0. The molecule has 5 heteroatoms. The van der Waals surface area contributed by atoms with Crippen molar-refractivity contribution in [3.8, 4) is 11.5 Å². The van der Waals surface area contributed by atoms with Gasteiger partial charge in [-0.1, -0.05) is 26.2 Å². The van der Waals surface area contributed by atoms with Gasteiger partial charge < -0.3 is 20.1 Å². The number of ether oxygens (including phenoxy) is 2. The van der Waals surface area contributed by atoms with E-state index in [-0.39, 0.29) is 6.03 Å². The lowest BCUT2D eigenvalue weighted by Crippen LogP contribution is -2.29. The van der Waals surface area contributed by atoms with Crippen LogP contribution in [-0.4, -0.2) is 26.8 Å². The standard InChI is InChI=1S/C15H24N2O3/c1-4-5-6-7-10-16-15(18)17-13-11-12(19-2)8-9-14(13)20-3/h8-9,11H,4-7,10H2,1-3H3,(H2,16,17,18). The smallest absolute Gasteiger partial charge is 0.319 e. The van der Waals surface area contributed by atoms with Crippen LogP contribution >= 0.6 is 0 Å². The fraction of sp³-hybridized carbons (Fsp3) is 0.533. The number of methoxy groups -OCH3 is 2. The normalized spacial score (nSPS) is 9.95. The summed E-state index contributed by atoms with van der Waals surface area (Å²) in [5.74, 6) is 1.27. The molecular formula is C15H24N2O3. The van der Waals surface area contributed by atoms with E-state index in [0.717, 1.165) is 12.8 Å². The van der Waals surface area contributed by atoms with Gasteiger partial charge in [0.1, 0.15) is 11.5 Å². The number of carbonyl (C=O) groups excluding carboxylic acids is 1. The van der Waals surface area contributed by atoms with Crippen molar-refractivity contribution in [2.75, 3.05) is 26.1 Å². The third-order valence-corrected chi connectivity index (χ3v) is 2.97. The molecule has 1 aromatic rings. The van der Waals surface area contributed by atoms with Crippen molar-refractivity contribution in [3.63, 3.8) is 0 Å². The van der Waals surface area contributed by atoms with Crippen LogP contribution in [0.2, 0.25) is 0 Å². The Balaban J connectivity index is 2.48. The molecule has 0 saturated carbocycles. The molecule has 0 heterocycles. The SMILES string of the molecule is CCCCCCNC(=O)Nc1cc(OC)ccc1OC. The van der Waals surface area contributed by atoms with E-state index in [2.05, 4.69) is 17.6 Å². The Morgan fingerprint density at radius 3 is 2.60 bits per heavy atom. The molecular weight excluding hydrogens is 256 g/mol. The second-order valence-corrected chi connectivity index (χ2v) is 4.51. The van der Waals surface area contributed by atoms with Crippen molar-refractivity contribution in [2.45, 2.75) is 32.6 Å². The summed E-state index contributed by atoms with van der Waals surface area (Å²) in [4.78, 5) is 11.8. The summed E-state index contributed by atoms with van der Waals surface area (Å²) in [5.41, 5.74) is 0.595. The largest absolute Gasteiger partial charge is 0.497 e. The number of hydrogen-bond donors (Lipinski definition) is 2. The molecule has 1 rings (SSSR count). The maximum Gasteiger partial charge on any atom is 0.319 e. The zero-order chi connectivity index (χ0) is 14.8. The predicted octanol–water partition coefficient (Wildman–Crippen LogP) is 3.41. The van der Waals surface area contributed by atoms with Gasteiger partial charge in [0.05, 0.1) is 19.9 Å². The molecule has 0 aliphatic carbocycles. The number of anilines is 1. The molecule has 0 atom stereocenters. The zero-order valence-electron chi connectivity index (χ0n) is 12.5. The summed E-state index contributed by atoms with van der Waals surface area (Å²) in [6.07, 6.45) is 4.52. The summed E-state index contributed by atoms with van der Waals surface area (Å²) in [6.45, 7) is 2.84. The van der Waals surface area contributed by atoms with Crippen LogP contribution in [0.25, 0.3) is 0 Å². The molecule has 112 valence electrons. The highest BCUT2D eigenvalue weighted by molar-refractivity contribution is 5.91. The van der Waals surface area contributed by atoms with Crippen LogP contribution in [0.5, 0.6) is 11.5 Å². The monoisotopic (exact) mass is 280 g/mol. The summed E-state index contributed by atoms with van der Waals surface area (Å²) in [7, 11) is 3.15. The molecule has 2 N–H and O–H groups in total. The molecule has 0 aromatic heterocycles. The number of urea groups is 1. The Morgan fingerprint density at radius 1 is 1.15 bits per heavy atom. The van der Waals surface area contributed by atoms with Gasteiger partial charge in [-0.05, 0) is 18.6 Å². The second-order valence-electron chi connectivity index (χ2n) is 4.51. The Morgan fingerprint density at radius 2 is 1.95 bits per heavy atom. The van der Waals surface area contributed by atoms with E-state index < -0.39 is 0 Å². The third-order valence-electron chi connectivity index (χ3n) is 2.97. The van der Waals surface area contributed by atoms with E-state index in [1.54, 1.807) is 32.4 Å². The maximum atomic E-state index is 11.8. The number of rotatable bonds is 8. The number of amides is 2. The fourth-order valence-corrected chi connectivity index (χ4v) is 1.83. The molecule has 0 unspecified atom stereocenters. The van der Waals surface area contributed by atoms with Crippen molar-refractivity contribution in [1.82, 2.24) is 5.32 Å². The summed E-state index contributed by atoms with van der Waals surface area (Å²) < 4.78 is 10.3. The van der Waals surface area contributed by atoms with Gasteiger partial charge in [-0.25, -0.2) is 4.79 Å². The van der Waals surface area contributed by atoms with Crippen LogP contribution in [0, 0.1) is 0 Å². The van der Waals surface area contributed by atoms with Gasteiger partial charge in [-0.3, -0.25) is 0 Å². The van der Waals surface area contributed by atoms with E-state index in [0.29, 0.717) is 23.7 Å². The first-order valence-corrected chi connectivity index (χ1v) is 6.98. The minimum absolute atomic E-state index is 0.229. The van der Waals surface area contributed by atoms with Crippen molar-refractivity contribution >= 4 is 11.7 Å². The third kappa shape index (κ3) is 5.38. The minimum atomic E-state index is -0.229. The molecule has 5 nitrogen and oxygen atoms in total. The van der Waals surface area contributed by atoms with Gasteiger partial charge >= 0.3 is 6.03 Å². The van der Waals surface area contributed by atoms with Gasteiger partial charge in [-0.2, -0.15) is 0 Å². The summed E-state index contributed by atoms with van der Waals surface area (Å²) in [5, 5.41) is 5.60. The maximum absolute atomic E-state index is 11.8. The van der Waals surface area contributed by atoms with Crippen LogP contribution < -0.4 is 20.1 Å². The Bertz CT molecular complexity index is 422. The van der Waals surface area contributed by atoms with Gasteiger partial charge in [0.15, 0.2) is 0 Å². The zero-order valence-corrected chi connectivity index (χ0v) is 12.5. The number of unbranched alkanes of at least 4 members (excludes halogenated alkanes) is 3. The van der Waals surface area contributed by atoms with Crippen molar-refractivity contribution in [1.29, 1.82) is 0 Å². The molecule has 0 saturated heterocycles. The van der Waals surface area contributed by atoms with Crippen LogP contribution in [0.1, 0.15) is 32.6 Å². The molecule has 0 bridgehead atoms. The summed E-state index contributed by atoms with van der Waals surface area (Å²) in [6, 6.07) is 5.05. The minimum Gasteiger partial charge on any atom is -0.497 e. The highest BCUT2D eigenvalue weighted by atomic mass is 16.5. The highest BCUT2D eigenvalue weighted by Crippen LogP contribution is 2.28. The number of nitrogens with one attached hydrogen (secondary N) is 2. The van der Waals surface area contributed by atoms with Crippen molar-refractivity contribution in [3.05, 3.63) is 18.2 Å². The van der Waals surface area contributed by atoms with Crippen LogP contribution in [0.15, 0.2) is 18.2 Å². The van der Waals surface area contributed by atoms with Crippen molar-refractivity contribution in [2.24, 2.45) is 0 Å². The Hall–Kier alpha value is -1.91. The Kier molecular flexibility index (Phi) is 7.32. The van der Waals surface area contributed by atoms with Gasteiger partial charge in [0, 0.05) is 12.6 Å². The Labute approximate surface area is 120 Å². The molecule has 0 aliphatic heterocycles. The van der Waals surface area contributed by atoms with E-state index in [1.165, 1.54) is 12.8 Å². The molecule has 0 radical (unpaired) electrons. The van der Waals surface area contributed by atoms with Gasteiger partial charge in [0.25, 0.3) is 0 Å². The average Bonchev–Trinajstić information content (AvgIpc) is 2.47. The first-order valence-electron chi connectivity index (χ1n) is 6.98. The van der Waals surface area contributed by atoms with Gasteiger partial charge in [0.2, 0.25) is 0 Å². The van der Waals surface area contributed by atoms with E-state index in [4.69, 9.17) is 9.47 Å². The first kappa shape index (κ1) is 16.1. The highest BCUT2D eigenvalue weighted by Gasteiger charge is 2.08. The lowest BCUT2D eigenvalue weighted by atomic mass is 10.2. The van der Waals surface area contributed by atoms with Gasteiger partial charge in [-0.15, -0.1) is 0 Å². The molecule has 0 spiro atoms. The van der Waals surface area contributed by atoms with E-state index in [9.17, 15) is 4.79 Å². The molecule has 20 heavy (non-hydrogen) atoms. The number of carbonyl (C=O) groups is 1. The average molecular weight is 280 g/mol. The second kappa shape index (κ2) is 9.07. The van der Waals surface area contributed by atoms with Crippen LogP contribution in [0.3, 0.4) is 0 Å². The lowest BCUT2D eigenvalue weighted by Gasteiger charge is -2.12. The molecule has 2 amide bonds. The number of benzene rings is 1. The topological polar surface area (TPSA) is 59.6 Å². The predicted molar refractivity (Wildman–Crippen MR) is 80.7 cm³/mol. The van der Waals surface area contributed by atoms with Crippen molar-refractivity contribution < 1.29 is 14.3 Å². The first-order chi connectivity index (χ1) is 9.71. The van der Waals surface area contributed by atoms with Crippen LogP contribution in [0.4, 0.5) is 10.5 Å². The number of hydrogen-bond acceptors (Lipinski definition) is 3. The fourth-order valence-electron chi connectivity index (χ4n) is 1.83. The molecule has 0 aliphatic rings. The lowest BCUT2D eigenvalue weighted by molar-refractivity contribution is 0.251. The molecule has 0 fully saturated rings. The quantitative estimate of drug-likeness (QED) is 0.717. The van der Waals surface area contributed by atoms with E-state index >= 15 is 0 Å². The van der Waals surface area contributed by atoms with E-state index in [1.807, 2.05) is 0 Å². The molecule has 1 aromatic carbocycles. The van der Waals surface area contributed by atoms with Crippen LogP contribution in [-0.2, 0) is 0 Å².